The van der Waals surface area contributed by atoms with Crippen LogP contribution in [0.4, 0.5) is 18.0 Å². The monoisotopic (exact) mass is 595 g/mol. The number of rotatable bonds is 12. The van der Waals surface area contributed by atoms with Crippen LogP contribution in [0.2, 0.25) is 5.02 Å². The third-order valence-corrected chi connectivity index (χ3v) is 7.79. The first-order valence-electron chi connectivity index (χ1n) is 11.9. The van der Waals surface area contributed by atoms with Crippen LogP contribution in [0.1, 0.15) is 30.4 Å². The van der Waals surface area contributed by atoms with Gasteiger partial charge in [-0.05, 0) is 24.5 Å². The molecule has 1 saturated carbocycles. The molecule has 0 saturated heterocycles. The van der Waals surface area contributed by atoms with Gasteiger partial charge < -0.3 is 19.3 Å². The van der Waals surface area contributed by atoms with Crippen LogP contribution in [0, 0.1) is 5.92 Å². The van der Waals surface area contributed by atoms with Gasteiger partial charge in [-0.15, -0.1) is 0 Å². The molecule has 1 heterocycles. The predicted octanol–water partition coefficient (Wildman–Crippen LogP) is 4.35. The van der Waals surface area contributed by atoms with Crippen LogP contribution in [0.25, 0.3) is 0 Å². The molecule has 0 bridgehead atoms. The quantitative estimate of drug-likeness (QED) is 0.347. The van der Waals surface area contributed by atoms with E-state index in [2.05, 4.69) is 9.71 Å². The van der Waals surface area contributed by atoms with Crippen molar-refractivity contribution in [3.63, 3.8) is 0 Å². The molecule has 1 fully saturated rings. The van der Waals surface area contributed by atoms with E-state index in [-0.39, 0.29) is 30.0 Å². The second-order valence-corrected chi connectivity index (χ2v) is 10.9. The zero-order valence-corrected chi connectivity index (χ0v) is 22.5. The minimum Gasteiger partial charge on any atom is -0.473 e. The van der Waals surface area contributed by atoms with E-state index >= 15 is 0 Å². The summed E-state index contributed by atoms with van der Waals surface area (Å²) in [4.78, 5) is 15.5. The molecule has 15 heteroatoms. The fraction of sp³-hybridized carbons (Fsp3) is 0.500. The first-order chi connectivity index (χ1) is 18.4. The molecule has 2 aromatic rings. The van der Waals surface area contributed by atoms with Crippen molar-refractivity contribution in [2.24, 2.45) is 5.92 Å². The van der Waals surface area contributed by atoms with Gasteiger partial charge in [0.1, 0.15) is 11.1 Å². The lowest BCUT2D eigenvalue weighted by molar-refractivity contribution is -0.137. The molecule has 3 atom stereocenters. The van der Waals surface area contributed by atoms with E-state index in [4.69, 9.17) is 25.8 Å². The molecule has 0 radical (unpaired) electrons. The van der Waals surface area contributed by atoms with Crippen molar-refractivity contribution >= 4 is 27.9 Å². The number of amides is 1. The number of carboxylic acid groups (broad SMARTS) is 1. The highest BCUT2D eigenvalue weighted by Gasteiger charge is 2.37. The molecule has 10 nitrogen and oxygen atoms in total. The van der Waals surface area contributed by atoms with Crippen LogP contribution < -0.4 is 9.46 Å². The molecule has 3 rings (SSSR count). The number of pyridine rings is 1. The Morgan fingerprint density at radius 2 is 1.95 bits per heavy atom. The third-order valence-electron chi connectivity index (χ3n) is 6.12. The van der Waals surface area contributed by atoms with Crippen molar-refractivity contribution in [1.29, 1.82) is 0 Å². The molecular weight excluding hydrogens is 567 g/mol. The Balaban J connectivity index is 1.75. The van der Waals surface area contributed by atoms with Gasteiger partial charge >= 0.3 is 22.5 Å². The maximum atomic E-state index is 13.0. The molecule has 0 spiro atoms. The Hall–Kier alpha value is -2.65. The highest BCUT2D eigenvalue weighted by atomic mass is 35.5. The van der Waals surface area contributed by atoms with Crippen LogP contribution in [-0.4, -0.2) is 68.0 Å². The molecule has 1 aromatic carbocycles. The summed E-state index contributed by atoms with van der Waals surface area (Å²) in [6.45, 7) is 0.0622. The lowest BCUT2D eigenvalue weighted by Gasteiger charge is -2.36. The van der Waals surface area contributed by atoms with E-state index in [9.17, 15) is 31.5 Å². The number of ether oxygens (including phenoxy) is 3. The normalized spacial score (nSPS) is 20.0. The highest BCUT2D eigenvalue weighted by Crippen LogP contribution is 2.36. The van der Waals surface area contributed by atoms with Crippen molar-refractivity contribution in [3.8, 4) is 5.88 Å². The molecule has 1 aliphatic rings. The summed E-state index contributed by atoms with van der Waals surface area (Å²) >= 11 is 6.03. The number of carbonyl (C=O) groups is 1. The maximum Gasteiger partial charge on any atom is 0.422 e. The number of hydrogen-bond acceptors (Lipinski definition) is 7. The van der Waals surface area contributed by atoms with Crippen molar-refractivity contribution in [2.75, 3.05) is 26.9 Å². The van der Waals surface area contributed by atoms with Gasteiger partial charge in [0.05, 0.1) is 31.4 Å². The average molecular weight is 596 g/mol. The van der Waals surface area contributed by atoms with Gasteiger partial charge in [0, 0.05) is 32.2 Å². The van der Waals surface area contributed by atoms with Gasteiger partial charge in [-0.1, -0.05) is 41.9 Å². The van der Waals surface area contributed by atoms with Gasteiger partial charge in [0.25, 0.3) is 0 Å². The molecule has 216 valence electrons. The molecule has 3 unspecified atom stereocenters. The molecule has 39 heavy (non-hydrogen) atoms. The molecule has 1 aliphatic carbocycles. The minimum atomic E-state index is -4.64. The number of nitrogens with one attached hydrogen (secondary N) is 1. The third kappa shape index (κ3) is 8.93. The van der Waals surface area contributed by atoms with Crippen LogP contribution in [-0.2, 0) is 32.4 Å². The van der Waals surface area contributed by atoms with Crippen molar-refractivity contribution in [1.82, 2.24) is 14.0 Å². The van der Waals surface area contributed by atoms with E-state index in [1.54, 1.807) is 30.3 Å². The van der Waals surface area contributed by atoms with Crippen molar-refractivity contribution in [2.45, 2.75) is 44.2 Å². The maximum absolute atomic E-state index is 13.0. The first-order valence-corrected chi connectivity index (χ1v) is 13.8. The largest absolute Gasteiger partial charge is 0.473 e. The molecule has 1 amide bonds. The zero-order chi connectivity index (χ0) is 28.6. The number of methoxy groups -OCH3 is 1. The van der Waals surface area contributed by atoms with Crippen molar-refractivity contribution < 1.29 is 45.7 Å². The molecule has 2 N–H and O–H groups in total. The SMILES string of the molecule is COCCOC1CCC(CNS(=O)(=O)N(Cc2ccccc2)C(=O)O)C(Oc2ncc(C(F)(F)F)cc2Cl)C1. The summed E-state index contributed by atoms with van der Waals surface area (Å²) in [5.41, 5.74) is -0.566. The van der Waals surface area contributed by atoms with E-state index in [0.717, 1.165) is 0 Å². The predicted molar refractivity (Wildman–Crippen MR) is 135 cm³/mol. The number of benzene rings is 1. The van der Waals surface area contributed by atoms with E-state index in [1.807, 2.05) is 0 Å². The summed E-state index contributed by atoms with van der Waals surface area (Å²) in [5.74, 6) is -0.731. The smallest absolute Gasteiger partial charge is 0.422 e. The van der Waals surface area contributed by atoms with Gasteiger partial charge in [0.15, 0.2) is 0 Å². The van der Waals surface area contributed by atoms with Crippen LogP contribution in [0.5, 0.6) is 5.88 Å². The fourth-order valence-corrected chi connectivity index (χ4v) is 5.40. The minimum absolute atomic E-state index is 0.200. The van der Waals surface area contributed by atoms with E-state index in [0.29, 0.717) is 48.2 Å². The first kappa shape index (κ1) is 30.9. The number of halogens is 4. The van der Waals surface area contributed by atoms with E-state index in [1.165, 1.54) is 7.11 Å². The summed E-state index contributed by atoms with van der Waals surface area (Å²) in [6, 6.07) is 8.93. The zero-order valence-electron chi connectivity index (χ0n) is 20.9. The Morgan fingerprint density at radius 1 is 1.23 bits per heavy atom. The van der Waals surface area contributed by atoms with Crippen LogP contribution in [0.3, 0.4) is 0 Å². The topological polar surface area (TPSA) is 127 Å². The lowest BCUT2D eigenvalue weighted by Crippen LogP contribution is -2.48. The molecule has 1 aromatic heterocycles. The fourth-order valence-electron chi connectivity index (χ4n) is 4.09. The van der Waals surface area contributed by atoms with E-state index < -0.39 is 46.6 Å². The lowest BCUT2D eigenvalue weighted by atomic mass is 9.84. The van der Waals surface area contributed by atoms with Gasteiger partial charge in [0.2, 0.25) is 5.88 Å². The molecule has 0 aliphatic heterocycles. The average Bonchev–Trinajstić information content (AvgIpc) is 2.88. The van der Waals surface area contributed by atoms with Crippen molar-refractivity contribution in [3.05, 3.63) is 58.7 Å². The van der Waals surface area contributed by atoms with Gasteiger partial charge in [-0.25, -0.2) is 9.78 Å². The summed E-state index contributed by atoms with van der Waals surface area (Å²) in [7, 11) is -2.94. The van der Waals surface area contributed by atoms with Crippen LogP contribution in [0.15, 0.2) is 42.6 Å². The van der Waals surface area contributed by atoms with Crippen LogP contribution >= 0.6 is 11.6 Å². The Kier molecular flexibility index (Phi) is 10.8. The number of hydrogen-bond donors (Lipinski definition) is 2. The number of aromatic nitrogens is 1. The second-order valence-electron chi connectivity index (χ2n) is 8.85. The summed E-state index contributed by atoms with van der Waals surface area (Å²) in [6.07, 6.45) is -5.52. The second kappa shape index (κ2) is 13.6. The number of alkyl halides is 3. The standard InChI is InChI=1S/C24H29ClF3N3O7S/c1-36-9-10-37-19-8-7-17(21(12-19)38-22-20(25)11-18(14-29-22)24(26,27)28)13-30-39(34,35)31(23(32)33)15-16-5-3-2-4-6-16/h2-6,11,14,17,19,21,30H,7-10,12-13,15H2,1H3,(H,32,33). The number of nitrogens with zero attached hydrogens (tertiary/aromatic N) is 2. The highest BCUT2D eigenvalue weighted by molar-refractivity contribution is 7.87. The van der Waals surface area contributed by atoms with Gasteiger partial charge in [-0.3, -0.25) is 0 Å². The Morgan fingerprint density at radius 3 is 2.56 bits per heavy atom. The van der Waals surface area contributed by atoms with Gasteiger partial charge in [-0.2, -0.15) is 30.6 Å². The molecular formula is C24H29ClF3N3O7S. The Bertz CT molecular complexity index is 1210. The Labute approximate surface area is 229 Å². The summed E-state index contributed by atoms with van der Waals surface area (Å²) in [5, 5.41) is 9.20. The summed E-state index contributed by atoms with van der Waals surface area (Å²) < 4.78 is 84.2.